The van der Waals surface area contributed by atoms with Gasteiger partial charge in [0.15, 0.2) is 5.84 Å². The molecule has 2 aromatic rings. The maximum atomic E-state index is 14.3. The molecule has 0 radical (unpaired) electrons. The monoisotopic (exact) mass is 527 g/mol. The number of hydrogen-bond donors (Lipinski definition) is 4. The standard InChI is InChI=1S/C25H32FN7O3.C2H6/c1-5-7-21(26)15(3)16(4)33(29)25(32-28)20-12-18(14-30-24(20)27)17-8-10-19(11-9-17)31-22(34)13-23(35)36-6-2;1-2/h5,7-12,14,16H,6,13,28-29H2,1-4H3,(H2,27,30)(H,31,34);1-2H3/b7-5-,21-15+,32-25-;. The van der Waals surface area contributed by atoms with Gasteiger partial charge in [0.05, 0.1) is 18.2 Å². The summed E-state index contributed by atoms with van der Waals surface area (Å²) in [7, 11) is 0. The van der Waals surface area contributed by atoms with Crippen LogP contribution >= 0.6 is 0 Å². The summed E-state index contributed by atoms with van der Waals surface area (Å²) in [6, 6.07) is 8.03. The van der Waals surface area contributed by atoms with E-state index in [0.29, 0.717) is 22.4 Å². The lowest BCUT2D eigenvalue weighted by Gasteiger charge is -2.28. The van der Waals surface area contributed by atoms with Crippen LogP contribution < -0.4 is 22.7 Å². The molecule has 1 aromatic heterocycles. The number of benzene rings is 1. The Labute approximate surface area is 223 Å². The summed E-state index contributed by atoms with van der Waals surface area (Å²) in [5, 5.41) is 7.67. The van der Waals surface area contributed by atoms with Crippen molar-refractivity contribution in [3.63, 3.8) is 0 Å². The van der Waals surface area contributed by atoms with Crippen LogP contribution in [0.3, 0.4) is 0 Å². The summed E-state index contributed by atoms with van der Waals surface area (Å²) in [6.45, 7) is 10.9. The molecule has 1 aromatic carbocycles. The molecule has 0 fully saturated rings. The van der Waals surface area contributed by atoms with Crippen LogP contribution in [-0.2, 0) is 14.3 Å². The van der Waals surface area contributed by atoms with Gasteiger partial charge in [0.25, 0.3) is 0 Å². The highest BCUT2D eigenvalue weighted by atomic mass is 19.1. The molecule has 38 heavy (non-hydrogen) atoms. The van der Waals surface area contributed by atoms with E-state index in [2.05, 4.69) is 15.4 Å². The van der Waals surface area contributed by atoms with Crippen molar-refractivity contribution in [3.8, 4) is 11.1 Å². The lowest BCUT2D eigenvalue weighted by Crippen LogP contribution is -2.46. The molecule has 10 nitrogen and oxygen atoms in total. The predicted molar refractivity (Wildman–Crippen MR) is 150 cm³/mol. The number of carbonyl (C=O) groups is 2. The largest absolute Gasteiger partial charge is 0.466 e. The molecule has 0 bridgehead atoms. The van der Waals surface area contributed by atoms with Gasteiger partial charge in [-0.25, -0.2) is 15.2 Å². The van der Waals surface area contributed by atoms with Crippen molar-refractivity contribution in [1.29, 1.82) is 0 Å². The van der Waals surface area contributed by atoms with Crippen LogP contribution in [0.2, 0.25) is 0 Å². The van der Waals surface area contributed by atoms with Crippen LogP contribution in [0.4, 0.5) is 15.9 Å². The smallest absolute Gasteiger partial charge is 0.315 e. The second-order valence-corrected chi connectivity index (χ2v) is 7.83. The van der Waals surface area contributed by atoms with Crippen molar-refractivity contribution >= 4 is 29.2 Å². The number of carbonyl (C=O) groups excluding carboxylic acids is 2. The maximum Gasteiger partial charge on any atom is 0.315 e. The fourth-order valence-corrected chi connectivity index (χ4v) is 3.25. The minimum absolute atomic E-state index is 0.129. The van der Waals surface area contributed by atoms with Crippen molar-refractivity contribution in [2.45, 2.75) is 54.0 Å². The van der Waals surface area contributed by atoms with Gasteiger partial charge in [0, 0.05) is 17.4 Å². The van der Waals surface area contributed by atoms with E-state index in [1.165, 1.54) is 11.1 Å². The molecule has 1 heterocycles. The molecule has 206 valence electrons. The number of esters is 1. The average molecular weight is 528 g/mol. The van der Waals surface area contributed by atoms with Crippen LogP contribution in [0.1, 0.15) is 53.5 Å². The molecule has 0 saturated heterocycles. The molecular weight excluding hydrogens is 489 g/mol. The van der Waals surface area contributed by atoms with E-state index in [-0.39, 0.29) is 24.7 Å². The van der Waals surface area contributed by atoms with E-state index in [0.717, 1.165) is 5.56 Å². The number of amides is 1. The third-order valence-corrected chi connectivity index (χ3v) is 5.37. The first kappa shape index (κ1) is 31.8. The molecule has 1 unspecified atom stereocenters. The van der Waals surface area contributed by atoms with E-state index in [1.54, 1.807) is 70.3 Å². The topological polar surface area (TPSA) is 162 Å². The van der Waals surface area contributed by atoms with E-state index in [1.807, 2.05) is 13.8 Å². The van der Waals surface area contributed by atoms with Gasteiger partial charge in [-0.05, 0) is 63.1 Å². The number of nitrogens with zero attached hydrogens (tertiary/aromatic N) is 3. The van der Waals surface area contributed by atoms with Crippen LogP contribution in [-0.4, -0.2) is 40.4 Å². The van der Waals surface area contributed by atoms with Crippen LogP contribution in [0, 0.1) is 0 Å². The summed E-state index contributed by atoms with van der Waals surface area (Å²) in [5.74, 6) is 10.7. The van der Waals surface area contributed by atoms with Crippen LogP contribution in [0.5, 0.6) is 0 Å². The number of hydrazine groups is 1. The van der Waals surface area contributed by atoms with Gasteiger partial charge in [0.1, 0.15) is 18.1 Å². The number of nitrogen functional groups attached to an aromatic ring is 1. The zero-order valence-electron chi connectivity index (χ0n) is 22.8. The van der Waals surface area contributed by atoms with Crippen LogP contribution in [0.15, 0.2) is 65.2 Å². The molecule has 7 N–H and O–H groups in total. The number of hydrogen-bond acceptors (Lipinski definition) is 8. The van der Waals surface area contributed by atoms with Crippen molar-refractivity contribution in [1.82, 2.24) is 9.99 Å². The van der Waals surface area contributed by atoms with E-state index in [9.17, 15) is 14.0 Å². The van der Waals surface area contributed by atoms with Crippen molar-refractivity contribution in [3.05, 3.63) is 65.6 Å². The molecule has 0 saturated carbocycles. The molecule has 0 aliphatic rings. The number of ether oxygens (including phenoxy) is 1. The minimum atomic E-state index is -0.594. The zero-order valence-corrected chi connectivity index (χ0v) is 22.8. The number of anilines is 2. The molecule has 0 aliphatic carbocycles. The van der Waals surface area contributed by atoms with Crippen molar-refractivity contribution < 1.29 is 18.7 Å². The Morgan fingerprint density at radius 2 is 1.87 bits per heavy atom. The number of allylic oxidation sites excluding steroid dienone is 3. The summed E-state index contributed by atoms with van der Waals surface area (Å²) >= 11 is 0. The maximum absolute atomic E-state index is 14.3. The minimum Gasteiger partial charge on any atom is -0.466 e. The quantitative estimate of drug-likeness (QED) is 0.0715. The van der Waals surface area contributed by atoms with Gasteiger partial charge in [-0.3, -0.25) is 14.6 Å². The van der Waals surface area contributed by atoms with Crippen LogP contribution in [0.25, 0.3) is 11.1 Å². The molecule has 2 rings (SSSR count). The molecule has 11 heteroatoms. The van der Waals surface area contributed by atoms with Gasteiger partial charge in [-0.2, -0.15) is 5.10 Å². The second-order valence-electron chi connectivity index (χ2n) is 7.83. The van der Waals surface area contributed by atoms with E-state index >= 15 is 0 Å². The Kier molecular flexibility index (Phi) is 13.2. The number of amidine groups is 1. The molecule has 1 atom stereocenters. The number of aromatic nitrogens is 1. The molecule has 1 amide bonds. The Hall–Kier alpha value is -4.25. The van der Waals surface area contributed by atoms with Crippen molar-refractivity contribution in [2.75, 3.05) is 17.7 Å². The van der Waals surface area contributed by atoms with Crippen molar-refractivity contribution in [2.24, 2.45) is 16.8 Å². The highest BCUT2D eigenvalue weighted by Gasteiger charge is 2.22. The normalized spacial score (nSPS) is 12.7. The first-order chi connectivity index (χ1) is 18.1. The Morgan fingerprint density at radius 1 is 1.24 bits per heavy atom. The van der Waals surface area contributed by atoms with E-state index < -0.39 is 23.7 Å². The number of pyridine rings is 1. The van der Waals surface area contributed by atoms with Gasteiger partial charge in [-0.15, -0.1) is 0 Å². The molecular formula is C27H38FN7O3. The first-order valence-corrected chi connectivity index (χ1v) is 12.2. The number of nitrogens with two attached hydrogens (primary N) is 3. The van der Waals surface area contributed by atoms with E-state index in [4.69, 9.17) is 22.2 Å². The summed E-state index contributed by atoms with van der Waals surface area (Å²) in [4.78, 5) is 27.7. The number of rotatable bonds is 9. The number of hydrazone groups is 1. The Morgan fingerprint density at radius 3 is 2.42 bits per heavy atom. The summed E-state index contributed by atoms with van der Waals surface area (Å²) in [6.07, 6.45) is 4.14. The fourth-order valence-electron chi connectivity index (χ4n) is 3.25. The van der Waals surface area contributed by atoms with Gasteiger partial charge in [-0.1, -0.05) is 32.1 Å². The average Bonchev–Trinajstić information content (AvgIpc) is 2.91. The molecule has 0 spiro atoms. The fraction of sp³-hybridized carbons (Fsp3) is 0.333. The number of halogens is 1. The third kappa shape index (κ3) is 8.70. The molecule has 0 aliphatic heterocycles. The summed E-state index contributed by atoms with van der Waals surface area (Å²) < 4.78 is 19.1. The highest BCUT2D eigenvalue weighted by Crippen LogP contribution is 2.26. The Bertz CT molecular complexity index is 1180. The first-order valence-electron chi connectivity index (χ1n) is 12.2. The van der Waals surface area contributed by atoms with Gasteiger partial charge < -0.3 is 21.6 Å². The van der Waals surface area contributed by atoms with Gasteiger partial charge >= 0.3 is 5.97 Å². The van der Waals surface area contributed by atoms with Gasteiger partial charge in [0.2, 0.25) is 5.91 Å². The SMILES string of the molecule is C/C=C\C(F)=C(\C)C(C)N(N)/C(=N\N)c1cc(-c2ccc(NC(=O)CC(=O)OCC)cc2)cnc1N.CC. The lowest BCUT2D eigenvalue weighted by molar-refractivity contribution is -0.145. The number of nitrogens with one attached hydrogen (secondary N) is 1. The third-order valence-electron chi connectivity index (χ3n) is 5.37. The highest BCUT2D eigenvalue weighted by molar-refractivity contribution is 6.03. The second kappa shape index (κ2) is 15.8. The zero-order chi connectivity index (χ0) is 28.8. The lowest BCUT2D eigenvalue weighted by atomic mass is 10.0. The summed E-state index contributed by atoms with van der Waals surface area (Å²) in [5.41, 5.74) is 8.80. The Balaban J connectivity index is 0.00000352. The predicted octanol–water partition coefficient (Wildman–Crippen LogP) is 4.25.